The Bertz CT molecular complexity index is 515. The third-order valence-electron chi connectivity index (χ3n) is 4.82. The van der Waals surface area contributed by atoms with Crippen LogP contribution in [0.3, 0.4) is 0 Å². The first-order chi connectivity index (χ1) is 13.6. The van der Waals surface area contributed by atoms with Crippen molar-refractivity contribution in [2.75, 3.05) is 0 Å². The molecule has 0 heterocycles. The van der Waals surface area contributed by atoms with Crippen LogP contribution in [0.15, 0.2) is 12.7 Å². The maximum Gasteiger partial charge on any atom is 0.304 e. The van der Waals surface area contributed by atoms with Gasteiger partial charge in [-0.3, -0.25) is 4.79 Å². The third-order valence-corrected chi connectivity index (χ3v) is 4.82. The van der Waals surface area contributed by atoms with E-state index in [1.165, 1.54) is 76.7 Å². The lowest BCUT2D eigenvalue weighted by Crippen LogP contribution is -2.03. The molecule has 2 N–H and O–H groups in total. The average Bonchev–Trinajstić information content (AvgIpc) is 2.67. The van der Waals surface area contributed by atoms with Crippen LogP contribution in [0.2, 0.25) is 0 Å². The minimum Gasteiger partial charge on any atom is -0.481 e. The first kappa shape index (κ1) is 26.3. The molecule has 2 atom stereocenters. The number of carbonyl (C=O) groups is 1. The Morgan fingerprint density at radius 3 is 1.79 bits per heavy atom. The summed E-state index contributed by atoms with van der Waals surface area (Å²) in [6.45, 7) is 5.82. The van der Waals surface area contributed by atoms with Gasteiger partial charge < -0.3 is 10.2 Å². The number of aliphatic hydroxyl groups excluding tert-OH is 1. The molecule has 0 aliphatic heterocycles. The summed E-state index contributed by atoms with van der Waals surface area (Å²) in [5, 5.41) is 18.6. The molecule has 0 saturated heterocycles. The lowest BCUT2D eigenvalue weighted by molar-refractivity contribution is -0.137. The quantitative estimate of drug-likeness (QED) is 0.179. The van der Waals surface area contributed by atoms with Crippen molar-refractivity contribution in [2.24, 2.45) is 5.92 Å². The van der Waals surface area contributed by atoms with E-state index >= 15 is 0 Å². The molecule has 0 fully saturated rings. The zero-order valence-electron chi connectivity index (χ0n) is 17.8. The molecular weight excluding hydrogens is 348 g/mol. The molecule has 3 nitrogen and oxygen atoms in total. The first-order valence-electron chi connectivity index (χ1n) is 11.1. The van der Waals surface area contributed by atoms with Crippen LogP contribution >= 0.6 is 0 Å². The minimum atomic E-state index is -0.908. The fourth-order valence-electron chi connectivity index (χ4n) is 3.06. The lowest BCUT2D eigenvalue weighted by atomic mass is 10.0. The molecule has 0 amide bonds. The Labute approximate surface area is 173 Å². The van der Waals surface area contributed by atoms with Crippen molar-refractivity contribution in [3.63, 3.8) is 0 Å². The first-order valence-corrected chi connectivity index (χ1v) is 11.1. The summed E-state index contributed by atoms with van der Waals surface area (Å²) in [7, 11) is 0. The van der Waals surface area contributed by atoms with Gasteiger partial charge in [-0.15, -0.1) is 6.58 Å². The summed E-state index contributed by atoms with van der Waals surface area (Å²) < 4.78 is 0. The predicted octanol–water partition coefficient (Wildman–Crippen LogP) is 6.11. The SMILES string of the molecule is C=C[C@@H](C#CC#C[C@H](O)CCCCCCCCCCCCCCC)CC(=O)O. The van der Waals surface area contributed by atoms with Crippen molar-refractivity contribution >= 4 is 5.97 Å². The maximum atomic E-state index is 10.6. The number of hydrogen-bond acceptors (Lipinski definition) is 2. The molecule has 0 spiro atoms. The number of unbranched alkanes of at least 4 members (excludes halogenated alkanes) is 12. The molecule has 3 heteroatoms. The average molecular weight is 389 g/mol. The standard InChI is InChI=1S/C25H40O3/c1-3-5-6-7-8-9-10-11-12-13-14-15-16-20-24(26)21-18-17-19-23(4-2)22-25(27)28/h4,23-24,26H,2-3,5-16,20,22H2,1H3,(H,27,28)/t23-,24+/m0/s1. The van der Waals surface area contributed by atoms with Crippen LogP contribution in [0.5, 0.6) is 0 Å². The van der Waals surface area contributed by atoms with Gasteiger partial charge in [0, 0.05) is 5.92 Å². The van der Waals surface area contributed by atoms with Crippen LogP contribution in [0.25, 0.3) is 0 Å². The molecule has 0 saturated carbocycles. The molecule has 0 aliphatic rings. The van der Waals surface area contributed by atoms with E-state index in [2.05, 4.69) is 37.2 Å². The molecule has 158 valence electrons. The molecule has 0 aromatic heterocycles. The normalized spacial score (nSPS) is 12.2. The number of hydrogen-bond donors (Lipinski definition) is 2. The van der Waals surface area contributed by atoms with Gasteiger partial charge in [0.15, 0.2) is 0 Å². The van der Waals surface area contributed by atoms with Crippen molar-refractivity contribution in [3.05, 3.63) is 12.7 Å². The molecule has 0 aromatic carbocycles. The van der Waals surface area contributed by atoms with Crippen LogP contribution in [0.1, 0.15) is 103 Å². The fourth-order valence-corrected chi connectivity index (χ4v) is 3.06. The summed E-state index contributed by atoms with van der Waals surface area (Å²) in [6.07, 6.45) is 18.5. The number of aliphatic hydroxyl groups is 1. The van der Waals surface area contributed by atoms with Crippen molar-refractivity contribution in [2.45, 2.75) is 109 Å². The highest BCUT2D eigenvalue weighted by Crippen LogP contribution is 2.13. The monoisotopic (exact) mass is 388 g/mol. The summed E-state index contributed by atoms with van der Waals surface area (Å²) in [4.78, 5) is 10.6. The summed E-state index contributed by atoms with van der Waals surface area (Å²) in [6, 6.07) is 0. The van der Waals surface area contributed by atoms with Crippen molar-refractivity contribution < 1.29 is 15.0 Å². The van der Waals surface area contributed by atoms with E-state index in [9.17, 15) is 9.90 Å². The van der Waals surface area contributed by atoms with Crippen LogP contribution in [0.4, 0.5) is 0 Å². The van der Waals surface area contributed by atoms with E-state index in [0.717, 1.165) is 12.8 Å². The van der Waals surface area contributed by atoms with E-state index in [-0.39, 0.29) is 6.42 Å². The number of allylic oxidation sites excluding steroid dienone is 1. The maximum absolute atomic E-state index is 10.6. The topological polar surface area (TPSA) is 57.5 Å². The Kier molecular flexibility index (Phi) is 18.8. The van der Waals surface area contributed by atoms with E-state index in [0.29, 0.717) is 6.42 Å². The minimum absolute atomic E-state index is 0.0697. The number of carboxylic acids is 1. The van der Waals surface area contributed by atoms with Gasteiger partial charge >= 0.3 is 5.97 Å². The van der Waals surface area contributed by atoms with Gasteiger partial charge in [-0.2, -0.15) is 0 Å². The molecule has 0 aromatic rings. The van der Waals surface area contributed by atoms with Crippen LogP contribution in [0, 0.1) is 29.6 Å². The van der Waals surface area contributed by atoms with Crippen LogP contribution in [-0.4, -0.2) is 22.3 Å². The number of rotatable bonds is 17. The van der Waals surface area contributed by atoms with Gasteiger partial charge in [-0.1, -0.05) is 102 Å². The molecule has 0 unspecified atom stereocenters. The highest BCUT2D eigenvalue weighted by atomic mass is 16.4. The highest BCUT2D eigenvalue weighted by molar-refractivity contribution is 5.68. The second-order valence-electron chi connectivity index (χ2n) is 7.53. The van der Waals surface area contributed by atoms with Crippen molar-refractivity contribution in [1.82, 2.24) is 0 Å². The Hall–Kier alpha value is -1.71. The molecule has 0 radical (unpaired) electrons. The molecule has 0 aliphatic carbocycles. The fraction of sp³-hybridized carbons (Fsp3) is 0.720. The van der Waals surface area contributed by atoms with Crippen LogP contribution < -0.4 is 0 Å². The summed E-state index contributed by atoms with van der Waals surface area (Å²) >= 11 is 0. The van der Waals surface area contributed by atoms with Gasteiger partial charge in [0.05, 0.1) is 6.42 Å². The van der Waals surface area contributed by atoms with Gasteiger partial charge in [0.2, 0.25) is 0 Å². The number of carboxylic acid groups (broad SMARTS) is 1. The van der Waals surface area contributed by atoms with E-state index < -0.39 is 18.0 Å². The van der Waals surface area contributed by atoms with E-state index in [1.54, 1.807) is 0 Å². The summed E-state index contributed by atoms with van der Waals surface area (Å²) in [5.41, 5.74) is 0. The molecule has 0 bridgehead atoms. The highest BCUT2D eigenvalue weighted by Gasteiger charge is 2.05. The lowest BCUT2D eigenvalue weighted by Gasteiger charge is -2.04. The van der Waals surface area contributed by atoms with Gasteiger partial charge in [0.25, 0.3) is 0 Å². The second kappa shape index (κ2) is 20.0. The van der Waals surface area contributed by atoms with Gasteiger partial charge in [-0.05, 0) is 24.7 Å². The molecule has 0 rings (SSSR count). The third kappa shape index (κ3) is 19.1. The smallest absolute Gasteiger partial charge is 0.304 e. The zero-order valence-corrected chi connectivity index (χ0v) is 17.8. The summed E-state index contributed by atoms with van der Waals surface area (Å²) in [5.74, 6) is 9.38. The van der Waals surface area contributed by atoms with Gasteiger partial charge in [0.1, 0.15) is 6.10 Å². The van der Waals surface area contributed by atoms with Crippen LogP contribution in [-0.2, 0) is 4.79 Å². The van der Waals surface area contributed by atoms with Crippen molar-refractivity contribution in [3.8, 4) is 23.7 Å². The van der Waals surface area contributed by atoms with E-state index in [4.69, 9.17) is 5.11 Å². The van der Waals surface area contributed by atoms with Crippen molar-refractivity contribution in [1.29, 1.82) is 0 Å². The largest absolute Gasteiger partial charge is 0.481 e. The molecular formula is C25H40O3. The predicted molar refractivity (Wildman–Crippen MR) is 118 cm³/mol. The van der Waals surface area contributed by atoms with Gasteiger partial charge in [-0.25, -0.2) is 0 Å². The Morgan fingerprint density at radius 2 is 1.32 bits per heavy atom. The second-order valence-corrected chi connectivity index (χ2v) is 7.53. The number of aliphatic carboxylic acids is 1. The Balaban J connectivity index is 3.57. The Morgan fingerprint density at radius 1 is 0.857 bits per heavy atom. The molecule has 28 heavy (non-hydrogen) atoms. The van der Waals surface area contributed by atoms with E-state index in [1.807, 2.05) is 0 Å². The zero-order chi connectivity index (χ0) is 20.9.